The predicted octanol–water partition coefficient (Wildman–Crippen LogP) is 9.89. The van der Waals surface area contributed by atoms with Crippen LogP contribution >= 0.6 is 15.6 Å². The van der Waals surface area contributed by atoms with E-state index in [2.05, 4.69) is 59.4 Å². The molecule has 0 bridgehead atoms. The van der Waals surface area contributed by atoms with E-state index in [0.29, 0.717) is 19.3 Å². The van der Waals surface area contributed by atoms with Gasteiger partial charge in [0.05, 0.1) is 19.8 Å². The quantitative estimate of drug-likeness (QED) is 0.0167. The van der Waals surface area contributed by atoms with Gasteiger partial charge in [0.2, 0.25) is 0 Å². The fraction of sp³-hybridized carbons (Fsp3) is 0.767. The highest BCUT2D eigenvalue weighted by molar-refractivity contribution is 7.47. The predicted molar refractivity (Wildman–Crippen MR) is 231 cm³/mol. The van der Waals surface area contributed by atoms with E-state index in [-0.39, 0.29) is 19.4 Å². The number of ether oxygens (including phenoxy) is 2. The topological polar surface area (TPSA) is 216 Å². The first kappa shape index (κ1) is 57.0. The normalized spacial score (nSPS) is 15.0. The third kappa shape index (κ3) is 42.5. The maximum absolute atomic E-state index is 12.7. The first-order valence-corrected chi connectivity index (χ1v) is 24.9. The number of phosphoric acid groups is 2. The second-order valence-corrected chi connectivity index (χ2v) is 17.6. The van der Waals surface area contributed by atoms with Crippen molar-refractivity contribution in [3.63, 3.8) is 0 Å². The number of unbranched alkanes of at least 4 members (excludes halogenated alkanes) is 13. The van der Waals surface area contributed by atoms with Crippen LogP contribution in [0, 0.1) is 5.92 Å². The molecule has 0 aromatic rings. The fourth-order valence-electron chi connectivity index (χ4n) is 5.59. The molecule has 0 saturated heterocycles. The molecule has 0 radical (unpaired) electrons. The molecule has 4 atom stereocenters. The van der Waals surface area contributed by atoms with Gasteiger partial charge in [-0.05, 0) is 63.7 Å². The van der Waals surface area contributed by atoms with Crippen LogP contribution in [0.1, 0.15) is 162 Å². The molecular formula is C43H78O14P2. The van der Waals surface area contributed by atoms with Gasteiger partial charge in [-0.3, -0.25) is 23.2 Å². The van der Waals surface area contributed by atoms with Crippen molar-refractivity contribution in [2.45, 2.75) is 174 Å². The maximum atomic E-state index is 12.7. The summed E-state index contributed by atoms with van der Waals surface area (Å²) in [7, 11) is -9.69. The number of carbonyl (C=O) groups excluding carboxylic acids is 2. The average molecular weight is 881 g/mol. The fourth-order valence-corrected chi connectivity index (χ4v) is 6.75. The van der Waals surface area contributed by atoms with Crippen LogP contribution in [0.5, 0.6) is 0 Å². The van der Waals surface area contributed by atoms with Gasteiger partial charge >= 0.3 is 27.6 Å². The van der Waals surface area contributed by atoms with Gasteiger partial charge in [0, 0.05) is 19.4 Å². The second kappa shape index (κ2) is 38.9. The Balaban J connectivity index is 4.60. The third-order valence-corrected chi connectivity index (χ3v) is 10.7. The zero-order chi connectivity index (χ0) is 43.9. The summed E-state index contributed by atoms with van der Waals surface area (Å²) in [4.78, 5) is 52.6. The SMILES string of the molecule is CCC(C)CCCCCCCCCCCCC(=O)O[C@H](COC(=O)CCC/C=C\C/C=C\C/C=C\C/C=C\CCCCCO)COP(=O)(O)OC[C@@H](O)COP(=O)(O)O. The van der Waals surface area contributed by atoms with Gasteiger partial charge in [-0.25, -0.2) is 9.13 Å². The van der Waals surface area contributed by atoms with E-state index in [1.807, 2.05) is 12.2 Å². The summed E-state index contributed by atoms with van der Waals surface area (Å²) in [5.74, 6) is -0.298. The molecule has 59 heavy (non-hydrogen) atoms. The standard InChI is InChI=1S/C43H78O14P2/c1-3-39(2)31-27-23-19-15-12-13-17-21-25-29-33-43(47)57-41(38-56-59(51,52)55-36-40(45)35-54-58(48,49)50)37-53-42(46)32-28-24-20-16-11-9-7-5-4-6-8-10-14-18-22-26-30-34-44/h4,6-7,9-10,14,16,20,39-41,44-45H,3,5,8,11-13,15,17-19,21-38H2,1-2H3,(H,51,52)(H2,48,49,50)/b6-4-,9-7-,14-10-,20-16-/t39?,40-,41+/m0/s1. The van der Waals surface area contributed by atoms with Crippen LogP contribution < -0.4 is 0 Å². The van der Waals surface area contributed by atoms with Crippen molar-refractivity contribution in [3.8, 4) is 0 Å². The minimum absolute atomic E-state index is 0.109. The Morgan fingerprint density at radius 1 is 0.576 bits per heavy atom. The lowest BCUT2D eigenvalue weighted by Crippen LogP contribution is -2.30. The third-order valence-electron chi connectivity index (χ3n) is 9.31. The highest BCUT2D eigenvalue weighted by Gasteiger charge is 2.28. The number of hydrogen-bond donors (Lipinski definition) is 5. The Morgan fingerprint density at radius 3 is 1.61 bits per heavy atom. The summed E-state index contributed by atoms with van der Waals surface area (Å²) in [6.07, 6.45) is 35.6. The first-order valence-electron chi connectivity index (χ1n) is 21.8. The molecule has 0 aliphatic heterocycles. The van der Waals surface area contributed by atoms with Crippen LogP contribution in [0.25, 0.3) is 0 Å². The molecule has 344 valence electrons. The summed E-state index contributed by atoms with van der Waals surface area (Å²) in [6.45, 7) is 2.02. The molecule has 0 aliphatic carbocycles. The molecule has 0 fully saturated rings. The van der Waals surface area contributed by atoms with Crippen molar-refractivity contribution in [2.75, 3.05) is 33.0 Å². The molecular weight excluding hydrogens is 802 g/mol. The number of allylic oxidation sites excluding steroid dienone is 8. The summed E-state index contributed by atoms with van der Waals surface area (Å²) in [5, 5.41) is 18.5. The van der Waals surface area contributed by atoms with Gasteiger partial charge in [0.15, 0.2) is 6.10 Å². The molecule has 5 N–H and O–H groups in total. The molecule has 16 heteroatoms. The number of rotatable bonds is 41. The minimum atomic E-state index is -4.87. The van der Waals surface area contributed by atoms with Crippen molar-refractivity contribution < 1.29 is 66.7 Å². The number of aliphatic hydroxyl groups is 2. The molecule has 14 nitrogen and oxygen atoms in total. The van der Waals surface area contributed by atoms with Gasteiger partial charge < -0.3 is 34.4 Å². The van der Waals surface area contributed by atoms with E-state index in [4.69, 9.17) is 28.9 Å². The molecule has 0 aromatic carbocycles. The smallest absolute Gasteiger partial charge is 0.462 e. The van der Waals surface area contributed by atoms with Crippen molar-refractivity contribution >= 4 is 27.6 Å². The Hall–Kier alpha value is -1.96. The molecule has 0 amide bonds. The lowest BCUT2D eigenvalue weighted by atomic mass is 9.99. The van der Waals surface area contributed by atoms with Gasteiger partial charge in [0.25, 0.3) is 0 Å². The van der Waals surface area contributed by atoms with Crippen LogP contribution in [0.3, 0.4) is 0 Å². The second-order valence-electron chi connectivity index (χ2n) is 14.9. The molecule has 0 aromatic heterocycles. The van der Waals surface area contributed by atoms with Crippen LogP contribution in [0.4, 0.5) is 0 Å². The summed E-state index contributed by atoms with van der Waals surface area (Å²) < 4.78 is 47.7. The van der Waals surface area contributed by atoms with E-state index in [1.54, 1.807) is 0 Å². The van der Waals surface area contributed by atoms with Crippen LogP contribution in [0.2, 0.25) is 0 Å². The zero-order valence-electron chi connectivity index (χ0n) is 36.0. The average Bonchev–Trinajstić information content (AvgIpc) is 3.19. The highest BCUT2D eigenvalue weighted by atomic mass is 31.2. The summed E-state index contributed by atoms with van der Waals surface area (Å²) >= 11 is 0. The van der Waals surface area contributed by atoms with Crippen LogP contribution in [-0.2, 0) is 41.8 Å². The summed E-state index contributed by atoms with van der Waals surface area (Å²) in [5.41, 5.74) is 0. The molecule has 0 aliphatic rings. The van der Waals surface area contributed by atoms with Crippen LogP contribution in [-0.4, -0.2) is 82.1 Å². The monoisotopic (exact) mass is 880 g/mol. The Labute approximate surface area is 354 Å². The molecule has 0 rings (SSSR count). The number of hydrogen-bond acceptors (Lipinski definition) is 11. The van der Waals surface area contributed by atoms with Gasteiger partial charge in [-0.15, -0.1) is 0 Å². The molecule has 0 spiro atoms. The van der Waals surface area contributed by atoms with E-state index < -0.39 is 66.2 Å². The van der Waals surface area contributed by atoms with E-state index in [0.717, 1.165) is 76.5 Å². The lowest BCUT2D eigenvalue weighted by Gasteiger charge is -2.20. The highest BCUT2D eigenvalue weighted by Crippen LogP contribution is 2.43. The lowest BCUT2D eigenvalue weighted by molar-refractivity contribution is -0.161. The Morgan fingerprint density at radius 2 is 1.05 bits per heavy atom. The van der Waals surface area contributed by atoms with E-state index in [1.165, 1.54) is 44.9 Å². The maximum Gasteiger partial charge on any atom is 0.472 e. The van der Waals surface area contributed by atoms with Crippen molar-refractivity contribution in [3.05, 3.63) is 48.6 Å². The largest absolute Gasteiger partial charge is 0.472 e. The van der Waals surface area contributed by atoms with Crippen molar-refractivity contribution in [2.24, 2.45) is 5.92 Å². The van der Waals surface area contributed by atoms with Crippen molar-refractivity contribution in [1.29, 1.82) is 0 Å². The number of aliphatic hydroxyl groups excluding tert-OH is 2. The molecule has 2 unspecified atom stereocenters. The first-order chi connectivity index (χ1) is 28.3. The molecule has 0 saturated carbocycles. The van der Waals surface area contributed by atoms with Gasteiger partial charge in [0.1, 0.15) is 12.7 Å². The van der Waals surface area contributed by atoms with E-state index in [9.17, 15) is 28.7 Å². The van der Waals surface area contributed by atoms with Crippen LogP contribution in [0.15, 0.2) is 48.6 Å². The number of esters is 2. The Bertz CT molecular complexity index is 1250. The zero-order valence-corrected chi connectivity index (χ0v) is 37.7. The van der Waals surface area contributed by atoms with Crippen molar-refractivity contribution in [1.82, 2.24) is 0 Å². The van der Waals surface area contributed by atoms with E-state index >= 15 is 0 Å². The van der Waals surface area contributed by atoms with Gasteiger partial charge in [-0.2, -0.15) is 0 Å². The number of carbonyl (C=O) groups is 2. The van der Waals surface area contributed by atoms with Gasteiger partial charge in [-0.1, -0.05) is 140 Å². The minimum Gasteiger partial charge on any atom is -0.462 e. The Kier molecular flexibility index (Phi) is 37.6. The summed E-state index contributed by atoms with van der Waals surface area (Å²) in [6, 6.07) is 0. The number of phosphoric ester groups is 2. The molecule has 0 heterocycles.